The minimum atomic E-state index is -0.339. The molecule has 0 spiro atoms. The van der Waals surface area contributed by atoms with Gasteiger partial charge in [0.2, 0.25) is 5.91 Å². The van der Waals surface area contributed by atoms with Gasteiger partial charge >= 0.3 is 0 Å². The minimum absolute atomic E-state index is 0.157. The van der Waals surface area contributed by atoms with Gasteiger partial charge < -0.3 is 20.1 Å². The average molecular weight is 443 g/mol. The second-order valence-electron chi connectivity index (χ2n) is 6.09. The number of ether oxygens (including phenoxy) is 2. The summed E-state index contributed by atoms with van der Waals surface area (Å²) in [7, 11) is 1.51. The fourth-order valence-corrected chi connectivity index (χ4v) is 3.09. The molecule has 3 aromatic rings. The Morgan fingerprint density at radius 2 is 1.71 bits per heavy atom. The number of hydrogen-bond donors (Lipinski definition) is 2. The molecule has 0 heterocycles. The molecule has 0 aliphatic heterocycles. The van der Waals surface area contributed by atoms with Crippen molar-refractivity contribution in [1.82, 2.24) is 0 Å². The van der Waals surface area contributed by atoms with Crippen LogP contribution in [0, 0.1) is 0 Å². The van der Waals surface area contributed by atoms with E-state index in [4.69, 9.17) is 9.47 Å². The predicted molar refractivity (Wildman–Crippen MR) is 113 cm³/mol. The van der Waals surface area contributed by atoms with Crippen LogP contribution in [0.1, 0.15) is 6.92 Å². The van der Waals surface area contributed by atoms with E-state index in [0.717, 1.165) is 15.2 Å². The molecule has 6 nitrogen and oxygen atoms in total. The number of halogens is 1. The minimum Gasteiger partial charge on any atom is -0.495 e. The number of anilines is 2. The normalized spacial score (nSPS) is 10.4. The lowest BCUT2D eigenvalue weighted by atomic mass is 10.1. The molecule has 0 radical (unpaired) electrons. The van der Waals surface area contributed by atoms with Crippen molar-refractivity contribution in [3.8, 4) is 11.5 Å². The van der Waals surface area contributed by atoms with E-state index in [1.54, 1.807) is 18.2 Å². The number of carbonyl (C=O) groups excluding carboxylic acids is 2. The Morgan fingerprint density at radius 3 is 2.46 bits per heavy atom. The van der Waals surface area contributed by atoms with Gasteiger partial charge in [-0.2, -0.15) is 0 Å². The molecule has 2 N–H and O–H groups in total. The van der Waals surface area contributed by atoms with Crippen LogP contribution in [0.25, 0.3) is 10.8 Å². The van der Waals surface area contributed by atoms with Crippen molar-refractivity contribution in [3.63, 3.8) is 0 Å². The molecular formula is C21H19BrN2O4. The summed E-state index contributed by atoms with van der Waals surface area (Å²) >= 11 is 3.44. The second-order valence-corrected chi connectivity index (χ2v) is 7.00. The van der Waals surface area contributed by atoms with Crippen LogP contribution in [0.5, 0.6) is 11.5 Å². The molecule has 0 aliphatic carbocycles. The number of nitrogens with one attached hydrogen (secondary N) is 2. The molecule has 2 amide bonds. The highest BCUT2D eigenvalue weighted by Gasteiger charge is 2.10. The van der Waals surface area contributed by atoms with Crippen molar-refractivity contribution < 1.29 is 19.1 Å². The molecular weight excluding hydrogens is 424 g/mol. The van der Waals surface area contributed by atoms with Crippen LogP contribution in [0.15, 0.2) is 59.1 Å². The van der Waals surface area contributed by atoms with Gasteiger partial charge in [0.05, 0.1) is 12.8 Å². The Hall–Kier alpha value is -3.06. The SMILES string of the molecule is COc1ccc(NC(C)=O)cc1NC(=O)COc1ccc2cc(Br)ccc2c1. The summed E-state index contributed by atoms with van der Waals surface area (Å²) in [4.78, 5) is 23.5. The van der Waals surface area contributed by atoms with E-state index in [1.807, 2.05) is 36.4 Å². The molecule has 7 heteroatoms. The summed E-state index contributed by atoms with van der Waals surface area (Å²) in [6.45, 7) is 1.26. The first-order valence-electron chi connectivity index (χ1n) is 8.52. The summed E-state index contributed by atoms with van der Waals surface area (Å²) in [6.07, 6.45) is 0. The predicted octanol–water partition coefficient (Wildman–Crippen LogP) is 4.59. The highest BCUT2D eigenvalue weighted by Crippen LogP contribution is 2.28. The number of benzene rings is 3. The van der Waals surface area contributed by atoms with Crippen molar-refractivity contribution in [3.05, 3.63) is 59.1 Å². The topological polar surface area (TPSA) is 76.7 Å². The highest BCUT2D eigenvalue weighted by molar-refractivity contribution is 9.10. The first kappa shape index (κ1) is 19.7. The zero-order chi connectivity index (χ0) is 20.1. The van der Waals surface area contributed by atoms with Crippen LogP contribution in [-0.2, 0) is 9.59 Å². The second kappa shape index (κ2) is 8.75. The fourth-order valence-electron chi connectivity index (χ4n) is 2.71. The number of amides is 2. The van der Waals surface area contributed by atoms with Gasteiger partial charge in [-0.1, -0.05) is 28.1 Å². The van der Waals surface area contributed by atoms with Gasteiger partial charge in [0.15, 0.2) is 6.61 Å². The molecule has 0 aromatic heterocycles. The van der Waals surface area contributed by atoms with Crippen molar-refractivity contribution in [2.24, 2.45) is 0 Å². The van der Waals surface area contributed by atoms with Gasteiger partial charge in [-0.3, -0.25) is 9.59 Å². The summed E-state index contributed by atoms with van der Waals surface area (Å²) < 4.78 is 11.9. The Morgan fingerprint density at radius 1 is 0.964 bits per heavy atom. The van der Waals surface area contributed by atoms with E-state index in [1.165, 1.54) is 14.0 Å². The smallest absolute Gasteiger partial charge is 0.262 e. The number of rotatable bonds is 6. The average Bonchev–Trinajstić information content (AvgIpc) is 2.66. The molecule has 0 atom stereocenters. The van der Waals surface area contributed by atoms with Crippen LogP contribution in [0.2, 0.25) is 0 Å². The van der Waals surface area contributed by atoms with Crippen molar-refractivity contribution in [1.29, 1.82) is 0 Å². The lowest BCUT2D eigenvalue weighted by Gasteiger charge is -2.13. The van der Waals surface area contributed by atoms with Gasteiger partial charge in [0, 0.05) is 17.1 Å². The first-order valence-corrected chi connectivity index (χ1v) is 9.31. The molecule has 0 aliphatic rings. The van der Waals surface area contributed by atoms with Crippen molar-refractivity contribution in [2.45, 2.75) is 6.92 Å². The van der Waals surface area contributed by atoms with Crippen LogP contribution >= 0.6 is 15.9 Å². The van der Waals surface area contributed by atoms with Gasteiger partial charge in [-0.25, -0.2) is 0 Å². The number of methoxy groups -OCH3 is 1. The lowest BCUT2D eigenvalue weighted by molar-refractivity contribution is -0.118. The maximum atomic E-state index is 12.3. The maximum Gasteiger partial charge on any atom is 0.262 e. The highest BCUT2D eigenvalue weighted by atomic mass is 79.9. The van der Waals surface area contributed by atoms with Gasteiger partial charge in [-0.15, -0.1) is 0 Å². The van der Waals surface area contributed by atoms with E-state index >= 15 is 0 Å². The zero-order valence-electron chi connectivity index (χ0n) is 15.4. The summed E-state index contributed by atoms with van der Waals surface area (Å²) in [5.74, 6) is 0.547. The van der Waals surface area contributed by atoms with Crippen LogP contribution in [0.4, 0.5) is 11.4 Å². The quantitative estimate of drug-likeness (QED) is 0.585. The van der Waals surface area contributed by atoms with E-state index < -0.39 is 0 Å². The standard InChI is InChI=1S/C21H19BrN2O4/c1-13(25)23-17-6-8-20(27-2)19(11-17)24-21(26)12-28-18-7-4-14-9-16(22)5-3-15(14)10-18/h3-11H,12H2,1-2H3,(H,23,25)(H,24,26). The third-order valence-corrected chi connectivity index (χ3v) is 4.43. The van der Waals surface area contributed by atoms with Gasteiger partial charge in [-0.05, 0) is 53.2 Å². The Bertz CT molecular complexity index is 1040. The van der Waals surface area contributed by atoms with Crippen LogP contribution in [-0.4, -0.2) is 25.5 Å². The maximum absolute atomic E-state index is 12.3. The first-order chi connectivity index (χ1) is 13.4. The molecule has 3 rings (SSSR count). The van der Waals surface area contributed by atoms with Gasteiger partial charge in [0.25, 0.3) is 5.91 Å². The third kappa shape index (κ3) is 5.01. The molecule has 0 saturated heterocycles. The summed E-state index contributed by atoms with van der Waals surface area (Å²) in [6, 6.07) is 16.6. The van der Waals surface area contributed by atoms with Crippen LogP contribution < -0.4 is 20.1 Å². The zero-order valence-corrected chi connectivity index (χ0v) is 17.0. The Balaban J connectivity index is 1.67. The number of fused-ring (bicyclic) bond motifs is 1. The molecule has 0 fully saturated rings. The van der Waals surface area contributed by atoms with E-state index in [2.05, 4.69) is 26.6 Å². The monoisotopic (exact) mass is 442 g/mol. The lowest BCUT2D eigenvalue weighted by Crippen LogP contribution is -2.20. The third-order valence-electron chi connectivity index (χ3n) is 3.94. The molecule has 3 aromatic carbocycles. The largest absolute Gasteiger partial charge is 0.495 e. The van der Waals surface area contributed by atoms with Crippen molar-refractivity contribution in [2.75, 3.05) is 24.4 Å². The fraction of sp³-hybridized carbons (Fsp3) is 0.143. The number of carbonyl (C=O) groups is 2. The molecule has 144 valence electrons. The molecule has 28 heavy (non-hydrogen) atoms. The summed E-state index contributed by atoms with van der Waals surface area (Å²) in [5.41, 5.74) is 1.01. The Kier molecular flexibility index (Phi) is 6.16. The summed E-state index contributed by atoms with van der Waals surface area (Å²) in [5, 5.41) is 7.51. The Labute approximate surface area is 171 Å². The van der Waals surface area contributed by atoms with E-state index in [-0.39, 0.29) is 18.4 Å². The molecule has 0 bridgehead atoms. The van der Waals surface area contributed by atoms with E-state index in [9.17, 15) is 9.59 Å². The molecule has 0 saturated carbocycles. The van der Waals surface area contributed by atoms with Gasteiger partial charge in [0.1, 0.15) is 11.5 Å². The van der Waals surface area contributed by atoms with E-state index in [0.29, 0.717) is 22.9 Å². The number of hydrogen-bond acceptors (Lipinski definition) is 4. The van der Waals surface area contributed by atoms with Crippen molar-refractivity contribution >= 4 is 49.9 Å². The molecule has 0 unspecified atom stereocenters. The van der Waals surface area contributed by atoms with Crippen LogP contribution in [0.3, 0.4) is 0 Å².